The molecule has 2 aromatic heterocycles. The summed E-state index contributed by atoms with van der Waals surface area (Å²) in [7, 11) is 0. The average molecular weight is 356 g/mol. The number of amides is 1. The highest BCUT2D eigenvalue weighted by Crippen LogP contribution is 2.26. The van der Waals surface area contributed by atoms with Crippen molar-refractivity contribution in [3.8, 4) is 11.3 Å². The van der Waals surface area contributed by atoms with Crippen molar-refractivity contribution in [3.05, 3.63) is 58.9 Å². The summed E-state index contributed by atoms with van der Waals surface area (Å²) in [6, 6.07) is 11.7. The van der Waals surface area contributed by atoms with E-state index in [9.17, 15) is 4.79 Å². The molecule has 0 spiro atoms. The number of carbonyl (C=O) groups excluding carboxylic acids is 1. The summed E-state index contributed by atoms with van der Waals surface area (Å²) in [5.74, 6) is 0.0755. The molecule has 0 radical (unpaired) electrons. The second-order valence-electron chi connectivity index (χ2n) is 6.23. The molecule has 5 heteroatoms. The normalized spacial score (nSPS) is 11.0. The van der Waals surface area contributed by atoms with Gasteiger partial charge in [0.2, 0.25) is 5.91 Å². The monoisotopic (exact) mass is 355 g/mol. The van der Waals surface area contributed by atoms with Crippen molar-refractivity contribution >= 4 is 23.2 Å². The third kappa shape index (κ3) is 4.02. The summed E-state index contributed by atoms with van der Waals surface area (Å²) in [6.07, 6.45) is 4.53. The predicted molar refractivity (Wildman–Crippen MR) is 102 cm³/mol. The van der Waals surface area contributed by atoms with E-state index < -0.39 is 0 Å². The van der Waals surface area contributed by atoms with E-state index in [4.69, 9.17) is 16.6 Å². The first-order chi connectivity index (χ1) is 12.1. The molecule has 0 atom stereocenters. The molecule has 3 rings (SSSR count). The Bertz CT molecular complexity index is 884. The molecule has 0 unspecified atom stereocenters. The van der Waals surface area contributed by atoms with Crippen LogP contribution in [-0.4, -0.2) is 15.3 Å². The van der Waals surface area contributed by atoms with Crippen LogP contribution in [0.2, 0.25) is 5.02 Å². The molecular weight excluding hydrogens is 334 g/mol. The van der Waals surface area contributed by atoms with Gasteiger partial charge in [0.05, 0.1) is 17.9 Å². The number of hydrogen-bond acceptors (Lipinski definition) is 2. The molecule has 0 fully saturated rings. The molecular formula is C20H22ClN3O. The van der Waals surface area contributed by atoms with Crippen molar-refractivity contribution in [2.45, 2.75) is 39.7 Å². The lowest BCUT2D eigenvalue weighted by molar-refractivity contribution is -0.121. The molecule has 2 heterocycles. The Morgan fingerprint density at radius 3 is 2.68 bits per heavy atom. The summed E-state index contributed by atoms with van der Waals surface area (Å²) >= 11 is 6.01. The number of aryl methyl sites for hydroxylation is 1. The SMILES string of the molecule is CCCCC(=O)NCc1c(-c2ccc(Cl)cc2)nc2ccc(C)cn12. The Hall–Kier alpha value is -2.33. The minimum atomic E-state index is 0.0755. The van der Waals surface area contributed by atoms with Crippen molar-refractivity contribution in [1.29, 1.82) is 0 Å². The summed E-state index contributed by atoms with van der Waals surface area (Å²) in [6.45, 7) is 4.58. The number of halogens is 1. The average Bonchev–Trinajstić information content (AvgIpc) is 2.96. The maximum atomic E-state index is 12.0. The number of fused-ring (bicyclic) bond motifs is 1. The van der Waals surface area contributed by atoms with Gasteiger partial charge in [0.25, 0.3) is 0 Å². The number of aromatic nitrogens is 2. The Kier molecular flexibility index (Phi) is 5.39. The second kappa shape index (κ2) is 7.70. The van der Waals surface area contributed by atoms with E-state index in [0.717, 1.165) is 41.0 Å². The van der Waals surface area contributed by atoms with Gasteiger partial charge in [0.1, 0.15) is 5.65 Å². The highest BCUT2D eigenvalue weighted by Gasteiger charge is 2.15. The van der Waals surface area contributed by atoms with Crippen molar-refractivity contribution < 1.29 is 4.79 Å². The quantitative estimate of drug-likeness (QED) is 0.692. The second-order valence-corrected chi connectivity index (χ2v) is 6.67. The number of nitrogens with zero attached hydrogens (tertiary/aromatic N) is 2. The van der Waals surface area contributed by atoms with E-state index in [1.807, 2.05) is 43.3 Å². The third-order valence-corrected chi connectivity index (χ3v) is 4.45. The van der Waals surface area contributed by atoms with Gasteiger partial charge in [-0.3, -0.25) is 4.79 Å². The fourth-order valence-corrected chi connectivity index (χ4v) is 2.94. The Morgan fingerprint density at radius 1 is 1.20 bits per heavy atom. The number of pyridine rings is 1. The first-order valence-electron chi connectivity index (χ1n) is 8.58. The van der Waals surface area contributed by atoms with Gasteiger partial charge in [-0.1, -0.05) is 43.1 Å². The largest absolute Gasteiger partial charge is 0.350 e. The van der Waals surface area contributed by atoms with Gasteiger partial charge < -0.3 is 9.72 Å². The Labute approximate surface area is 152 Å². The lowest BCUT2D eigenvalue weighted by Crippen LogP contribution is -2.23. The maximum absolute atomic E-state index is 12.0. The van der Waals surface area contributed by atoms with Crippen LogP contribution in [0.5, 0.6) is 0 Å². The highest BCUT2D eigenvalue weighted by atomic mass is 35.5. The van der Waals surface area contributed by atoms with Gasteiger partial charge in [0, 0.05) is 23.2 Å². The number of hydrogen-bond donors (Lipinski definition) is 1. The van der Waals surface area contributed by atoms with E-state index in [0.29, 0.717) is 18.0 Å². The number of benzene rings is 1. The summed E-state index contributed by atoms with van der Waals surface area (Å²) in [5, 5.41) is 3.72. The zero-order chi connectivity index (χ0) is 17.8. The maximum Gasteiger partial charge on any atom is 0.220 e. The van der Waals surface area contributed by atoms with Gasteiger partial charge in [0.15, 0.2) is 0 Å². The molecule has 0 aliphatic heterocycles. The number of imidazole rings is 1. The lowest BCUT2D eigenvalue weighted by Gasteiger charge is -2.08. The molecule has 1 aromatic carbocycles. The molecule has 4 nitrogen and oxygen atoms in total. The van der Waals surface area contributed by atoms with Gasteiger partial charge in [-0.25, -0.2) is 4.98 Å². The number of unbranched alkanes of at least 4 members (excludes halogenated alkanes) is 1. The summed E-state index contributed by atoms with van der Waals surface area (Å²) in [4.78, 5) is 16.8. The molecule has 0 saturated heterocycles. The lowest BCUT2D eigenvalue weighted by atomic mass is 10.1. The van der Waals surface area contributed by atoms with Crippen molar-refractivity contribution in [1.82, 2.24) is 14.7 Å². The van der Waals surface area contributed by atoms with Gasteiger partial charge in [-0.15, -0.1) is 0 Å². The van der Waals surface area contributed by atoms with Crippen LogP contribution in [0, 0.1) is 6.92 Å². The Morgan fingerprint density at radius 2 is 1.96 bits per heavy atom. The van der Waals surface area contributed by atoms with Crippen LogP contribution in [0.25, 0.3) is 16.9 Å². The molecule has 3 aromatic rings. The van der Waals surface area contributed by atoms with Gasteiger partial charge in [-0.05, 0) is 37.1 Å². The van der Waals surface area contributed by atoms with E-state index in [1.165, 1.54) is 0 Å². The van der Waals surface area contributed by atoms with Gasteiger partial charge >= 0.3 is 0 Å². The molecule has 25 heavy (non-hydrogen) atoms. The smallest absolute Gasteiger partial charge is 0.220 e. The number of carbonyl (C=O) groups is 1. The summed E-state index contributed by atoms with van der Waals surface area (Å²) in [5.41, 5.74) is 4.85. The molecule has 1 amide bonds. The first-order valence-corrected chi connectivity index (χ1v) is 8.96. The minimum Gasteiger partial charge on any atom is -0.350 e. The predicted octanol–water partition coefficient (Wildman–Crippen LogP) is 4.77. The van der Waals surface area contributed by atoms with Crippen molar-refractivity contribution in [2.75, 3.05) is 0 Å². The van der Waals surface area contributed by atoms with Crippen LogP contribution in [0.4, 0.5) is 0 Å². The van der Waals surface area contributed by atoms with Crippen molar-refractivity contribution in [2.24, 2.45) is 0 Å². The standard InChI is InChI=1S/C20H22ClN3O/c1-3-4-5-19(25)22-12-17-20(15-7-9-16(21)10-8-15)23-18-11-6-14(2)13-24(17)18/h6-11,13H,3-5,12H2,1-2H3,(H,22,25). The van der Waals surface area contributed by atoms with E-state index in [2.05, 4.69) is 22.8 Å². The molecule has 0 aliphatic carbocycles. The number of nitrogens with one attached hydrogen (secondary N) is 1. The Balaban J connectivity index is 1.98. The summed E-state index contributed by atoms with van der Waals surface area (Å²) < 4.78 is 2.05. The van der Waals surface area contributed by atoms with E-state index in [1.54, 1.807) is 0 Å². The highest BCUT2D eigenvalue weighted by molar-refractivity contribution is 6.30. The fourth-order valence-electron chi connectivity index (χ4n) is 2.82. The topological polar surface area (TPSA) is 46.4 Å². The zero-order valence-electron chi connectivity index (χ0n) is 14.6. The number of rotatable bonds is 6. The van der Waals surface area contributed by atoms with Crippen LogP contribution in [0.1, 0.15) is 37.4 Å². The van der Waals surface area contributed by atoms with Crippen molar-refractivity contribution in [3.63, 3.8) is 0 Å². The fraction of sp³-hybridized carbons (Fsp3) is 0.300. The van der Waals surface area contributed by atoms with Crippen LogP contribution < -0.4 is 5.32 Å². The van der Waals surface area contributed by atoms with E-state index in [-0.39, 0.29) is 5.91 Å². The van der Waals surface area contributed by atoms with Crippen LogP contribution >= 0.6 is 11.6 Å². The molecule has 0 aliphatic rings. The third-order valence-electron chi connectivity index (χ3n) is 4.19. The van der Waals surface area contributed by atoms with E-state index >= 15 is 0 Å². The molecule has 1 N–H and O–H groups in total. The first kappa shape index (κ1) is 17.5. The molecule has 0 saturated carbocycles. The van der Waals surface area contributed by atoms with Gasteiger partial charge in [-0.2, -0.15) is 0 Å². The minimum absolute atomic E-state index is 0.0755. The van der Waals surface area contributed by atoms with Crippen LogP contribution in [0.3, 0.4) is 0 Å². The molecule has 0 bridgehead atoms. The molecule has 130 valence electrons. The van der Waals surface area contributed by atoms with Crippen LogP contribution in [0.15, 0.2) is 42.6 Å². The van der Waals surface area contributed by atoms with Crippen LogP contribution in [-0.2, 0) is 11.3 Å². The zero-order valence-corrected chi connectivity index (χ0v) is 15.3.